The van der Waals surface area contributed by atoms with E-state index in [2.05, 4.69) is 20.5 Å². The van der Waals surface area contributed by atoms with Gasteiger partial charge in [0.05, 0.1) is 11.9 Å². The van der Waals surface area contributed by atoms with Crippen molar-refractivity contribution in [2.45, 2.75) is 13.5 Å². The Labute approximate surface area is 115 Å². The van der Waals surface area contributed by atoms with E-state index in [1.807, 2.05) is 25.1 Å². The van der Waals surface area contributed by atoms with Gasteiger partial charge < -0.3 is 5.32 Å². The Morgan fingerprint density at radius 1 is 1.45 bits per heavy atom. The number of pyridine rings is 1. The van der Waals surface area contributed by atoms with Crippen molar-refractivity contribution < 1.29 is 4.79 Å². The lowest BCUT2D eigenvalue weighted by atomic mass is 10.4. The molecule has 3 aromatic rings. The van der Waals surface area contributed by atoms with Gasteiger partial charge in [-0.2, -0.15) is 10.2 Å². The van der Waals surface area contributed by atoms with Crippen LogP contribution in [-0.2, 0) is 18.4 Å². The number of hydrogen-bond donors (Lipinski definition) is 1. The molecule has 0 atom stereocenters. The summed E-state index contributed by atoms with van der Waals surface area (Å²) >= 11 is 0. The van der Waals surface area contributed by atoms with E-state index in [1.165, 1.54) is 0 Å². The van der Waals surface area contributed by atoms with Crippen LogP contribution in [0.1, 0.15) is 5.69 Å². The molecule has 0 bridgehead atoms. The molecule has 0 radical (unpaired) electrons. The maximum atomic E-state index is 12.0. The number of amides is 1. The number of rotatable bonds is 3. The van der Waals surface area contributed by atoms with Gasteiger partial charge in [0.2, 0.25) is 5.91 Å². The molecule has 0 aliphatic carbocycles. The summed E-state index contributed by atoms with van der Waals surface area (Å²) in [5.41, 5.74) is 1.55. The third-order valence-electron chi connectivity index (χ3n) is 2.96. The molecular formula is C13H14N6O. The predicted octanol–water partition coefficient (Wildman–Crippen LogP) is 1.11. The number of nitrogens with one attached hydrogen (secondary N) is 1. The summed E-state index contributed by atoms with van der Waals surface area (Å²) in [6.45, 7) is 1.99. The van der Waals surface area contributed by atoms with E-state index in [-0.39, 0.29) is 12.5 Å². The smallest absolute Gasteiger partial charge is 0.247 e. The molecule has 20 heavy (non-hydrogen) atoms. The summed E-state index contributed by atoms with van der Waals surface area (Å²) in [5, 5.41) is 12.1. The van der Waals surface area contributed by atoms with Crippen LogP contribution in [-0.4, -0.2) is 30.5 Å². The molecular weight excluding hydrogens is 256 g/mol. The maximum absolute atomic E-state index is 12.0. The molecule has 0 saturated heterocycles. The highest BCUT2D eigenvalue weighted by molar-refractivity contribution is 5.90. The van der Waals surface area contributed by atoms with Crippen LogP contribution in [0, 0.1) is 6.92 Å². The molecule has 1 amide bonds. The van der Waals surface area contributed by atoms with Gasteiger partial charge in [0.15, 0.2) is 5.65 Å². The van der Waals surface area contributed by atoms with Crippen LogP contribution >= 0.6 is 0 Å². The largest absolute Gasteiger partial charge is 0.309 e. The first-order chi connectivity index (χ1) is 9.63. The second-order valence-corrected chi connectivity index (χ2v) is 4.56. The van der Waals surface area contributed by atoms with Gasteiger partial charge in [-0.3, -0.25) is 9.48 Å². The first-order valence-corrected chi connectivity index (χ1v) is 6.20. The number of aryl methyl sites for hydroxylation is 2. The lowest BCUT2D eigenvalue weighted by Gasteiger charge is -2.05. The summed E-state index contributed by atoms with van der Waals surface area (Å²) in [4.78, 5) is 16.3. The molecule has 0 aromatic carbocycles. The van der Waals surface area contributed by atoms with Gasteiger partial charge in [0.1, 0.15) is 12.4 Å². The van der Waals surface area contributed by atoms with Gasteiger partial charge in [-0.1, -0.05) is 0 Å². The highest BCUT2D eigenvalue weighted by atomic mass is 16.2. The lowest BCUT2D eigenvalue weighted by molar-refractivity contribution is -0.116. The van der Waals surface area contributed by atoms with E-state index in [1.54, 1.807) is 28.8 Å². The number of aromatic nitrogens is 5. The SMILES string of the molecule is Cc1cc(NC(=O)Cn2ncc3cccnc32)n(C)n1. The lowest BCUT2D eigenvalue weighted by Crippen LogP contribution is -2.21. The molecule has 7 heteroatoms. The van der Waals surface area contributed by atoms with Crippen LogP contribution in [0.4, 0.5) is 5.82 Å². The fourth-order valence-electron chi connectivity index (χ4n) is 2.07. The van der Waals surface area contributed by atoms with Gasteiger partial charge in [-0.05, 0) is 19.1 Å². The molecule has 0 saturated carbocycles. The van der Waals surface area contributed by atoms with E-state index in [9.17, 15) is 4.79 Å². The molecule has 0 aliphatic rings. The normalized spacial score (nSPS) is 10.9. The number of carbonyl (C=O) groups excluding carboxylic acids is 1. The molecule has 3 aromatic heterocycles. The third-order valence-corrected chi connectivity index (χ3v) is 2.96. The van der Waals surface area contributed by atoms with Crippen LogP contribution in [0.2, 0.25) is 0 Å². The summed E-state index contributed by atoms with van der Waals surface area (Å²) in [6.07, 6.45) is 3.38. The van der Waals surface area contributed by atoms with E-state index in [0.29, 0.717) is 11.5 Å². The average molecular weight is 270 g/mol. The quantitative estimate of drug-likeness (QED) is 0.773. The Bertz CT molecular complexity index is 772. The summed E-state index contributed by atoms with van der Waals surface area (Å²) in [5.74, 6) is 0.501. The number of hydrogen-bond acceptors (Lipinski definition) is 4. The second-order valence-electron chi connectivity index (χ2n) is 4.56. The van der Waals surface area contributed by atoms with E-state index in [0.717, 1.165) is 11.1 Å². The van der Waals surface area contributed by atoms with Crippen molar-refractivity contribution in [3.8, 4) is 0 Å². The van der Waals surface area contributed by atoms with Crippen molar-refractivity contribution >= 4 is 22.8 Å². The van der Waals surface area contributed by atoms with Crippen LogP contribution in [0.3, 0.4) is 0 Å². The molecule has 7 nitrogen and oxygen atoms in total. The molecule has 1 N–H and O–H groups in total. The van der Waals surface area contributed by atoms with Crippen LogP contribution in [0.25, 0.3) is 11.0 Å². The van der Waals surface area contributed by atoms with E-state index < -0.39 is 0 Å². The fraction of sp³-hybridized carbons (Fsp3) is 0.231. The highest BCUT2D eigenvalue weighted by Crippen LogP contribution is 2.11. The summed E-state index contributed by atoms with van der Waals surface area (Å²) in [7, 11) is 1.79. The average Bonchev–Trinajstić information content (AvgIpc) is 2.94. The highest BCUT2D eigenvalue weighted by Gasteiger charge is 2.10. The number of carbonyl (C=O) groups is 1. The molecule has 0 unspecified atom stereocenters. The van der Waals surface area contributed by atoms with Crippen molar-refractivity contribution in [2.24, 2.45) is 7.05 Å². The van der Waals surface area contributed by atoms with E-state index >= 15 is 0 Å². The zero-order valence-electron chi connectivity index (χ0n) is 11.2. The minimum absolute atomic E-state index is 0.116. The minimum atomic E-state index is -0.163. The standard InChI is InChI=1S/C13H14N6O/c1-9-6-11(18(2)17-9)16-12(20)8-19-13-10(7-15-19)4-3-5-14-13/h3-7H,8H2,1-2H3,(H,16,20). The van der Waals surface area contributed by atoms with Gasteiger partial charge in [0, 0.05) is 24.7 Å². The predicted molar refractivity (Wildman–Crippen MR) is 74.1 cm³/mol. The monoisotopic (exact) mass is 270 g/mol. The zero-order chi connectivity index (χ0) is 14.1. The topological polar surface area (TPSA) is 77.6 Å². The van der Waals surface area contributed by atoms with E-state index in [4.69, 9.17) is 0 Å². The van der Waals surface area contributed by atoms with Crippen LogP contribution in [0.5, 0.6) is 0 Å². The van der Waals surface area contributed by atoms with Crippen molar-refractivity contribution in [1.82, 2.24) is 24.5 Å². The minimum Gasteiger partial charge on any atom is -0.309 e. The van der Waals surface area contributed by atoms with Crippen molar-refractivity contribution in [2.75, 3.05) is 5.32 Å². The summed E-state index contributed by atoms with van der Waals surface area (Å²) < 4.78 is 3.21. The molecule has 3 heterocycles. The molecule has 0 fully saturated rings. The fourth-order valence-corrected chi connectivity index (χ4v) is 2.07. The molecule has 0 aliphatic heterocycles. The Morgan fingerprint density at radius 2 is 2.30 bits per heavy atom. The van der Waals surface area contributed by atoms with Crippen LogP contribution < -0.4 is 5.32 Å². The number of fused-ring (bicyclic) bond motifs is 1. The number of nitrogens with zero attached hydrogens (tertiary/aromatic N) is 5. The summed E-state index contributed by atoms with van der Waals surface area (Å²) in [6, 6.07) is 5.57. The van der Waals surface area contributed by atoms with Gasteiger partial charge >= 0.3 is 0 Å². The maximum Gasteiger partial charge on any atom is 0.247 e. The molecule has 3 rings (SSSR count). The van der Waals surface area contributed by atoms with Crippen molar-refractivity contribution in [3.63, 3.8) is 0 Å². The molecule has 0 spiro atoms. The van der Waals surface area contributed by atoms with Crippen molar-refractivity contribution in [3.05, 3.63) is 36.3 Å². The Morgan fingerprint density at radius 3 is 3.05 bits per heavy atom. The Balaban J connectivity index is 1.77. The third kappa shape index (κ3) is 2.25. The Hall–Kier alpha value is -2.70. The van der Waals surface area contributed by atoms with Crippen LogP contribution in [0.15, 0.2) is 30.6 Å². The zero-order valence-corrected chi connectivity index (χ0v) is 11.2. The molecule has 102 valence electrons. The first-order valence-electron chi connectivity index (χ1n) is 6.20. The number of anilines is 1. The van der Waals surface area contributed by atoms with Gasteiger partial charge in [-0.15, -0.1) is 0 Å². The van der Waals surface area contributed by atoms with Crippen molar-refractivity contribution in [1.29, 1.82) is 0 Å². The second kappa shape index (κ2) is 4.76. The van der Waals surface area contributed by atoms with Gasteiger partial charge in [0.25, 0.3) is 0 Å². The van der Waals surface area contributed by atoms with Gasteiger partial charge in [-0.25, -0.2) is 9.67 Å². The Kier molecular flexibility index (Phi) is 2.94. The first kappa shape index (κ1) is 12.3.